The van der Waals surface area contributed by atoms with E-state index in [2.05, 4.69) is 16.0 Å². The van der Waals surface area contributed by atoms with E-state index in [0.717, 1.165) is 6.26 Å². The summed E-state index contributed by atoms with van der Waals surface area (Å²) in [6.07, 6.45) is 1.15. The highest BCUT2D eigenvalue weighted by atomic mass is 32.2. The Morgan fingerprint density at radius 2 is 1.91 bits per heavy atom. The number of rotatable bonds is 5. The summed E-state index contributed by atoms with van der Waals surface area (Å²) < 4.78 is 22.7. The first kappa shape index (κ1) is 16.5. The van der Waals surface area contributed by atoms with Gasteiger partial charge >= 0.3 is 6.03 Å². The topological polar surface area (TPSA) is 75.3 Å². The van der Waals surface area contributed by atoms with Crippen LogP contribution in [-0.4, -0.2) is 27.2 Å². The van der Waals surface area contributed by atoms with E-state index in [1.54, 1.807) is 23.5 Å². The molecule has 2 N–H and O–H groups in total. The standard InChI is InChI=1S/C15H18N2O3S2/c1-11(12-7-8-21-10-12)9-16-15(18)17-13-3-5-14(6-4-13)22(2,19)20/h3-8,10-11H,9H2,1-2H3,(H2,16,17,18). The van der Waals surface area contributed by atoms with Crippen molar-refractivity contribution in [3.63, 3.8) is 0 Å². The van der Waals surface area contributed by atoms with Crippen molar-refractivity contribution in [3.8, 4) is 0 Å². The molecule has 5 nitrogen and oxygen atoms in total. The molecule has 0 saturated carbocycles. The van der Waals surface area contributed by atoms with Gasteiger partial charge in [-0.1, -0.05) is 6.92 Å². The van der Waals surface area contributed by atoms with Crippen molar-refractivity contribution in [1.82, 2.24) is 5.32 Å². The SMILES string of the molecule is CC(CNC(=O)Nc1ccc(S(C)(=O)=O)cc1)c1ccsc1. The van der Waals surface area contributed by atoms with Gasteiger partial charge in [-0.3, -0.25) is 0 Å². The van der Waals surface area contributed by atoms with Crippen molar-refractivity contribution >= 4 is 32.9 Å². The van der Waals surface area contributed by atoms with Crippen LogP contribution in [0.25, 0.3) is 0 Å². The number of thiophene rings is 1. The number of carbonyl (C=O) groups is 1. The van der Waals surface area contributed by atoms with E-state index in [4.69, 9.17) is 0 Å². The average Bonchev–Trinajstić information content (AvgIpc) is 2.98. The molecule has 1 heterocycles. The molecule has 2 rings (SSSR count). The van der Waals surface area contributed by atoms with Crippen LogP contribution in [0.15, 0.2) is 46.0 Å². The fourth-order valence-electron chi connectivity index (χ4n) is 1.88. The highest BCUT2D eigenvalue weighted by molar-refractivity contribution is 7.90. The number of benzene rings is 1. The lowest BCUT2D eigenvalue weighted by molar-refractivity contribution is 0.251. The van der Waals surface area contributed by atoms with E-state index < -0.39 is 9.84 Å². The number of amides is 2. The second kappa shape index (κ2) is 6.93. The molecule has 1 unspecified atom stereocenters. The molecule has 7 heteroatoms. The second-order valence-corrected chi connectivity index (χ2v) is 7.89. The zero-order valence-corrected chi connectivity index (χ0v) is 14.0. The lowest BCUT2D eigenvalue weighted by Crippen LogP contribution is -2.31. The van der Waals surface area contributed by atoms with Gasteiger partial charge in [-0.05, 0) is 52.6 Å². The van der Waals surface area contributed by atoms with Crippen LogP contribution in [0.1, 0.15) is 18.4 Å². The molecule has 0 bridgehead atoms. The number of carbonyl (C=O) groups excluding carboxylic acids is 1. The maximum atomic E-state index is 11.8. The summed E-state index contributed by atoms with van der Waals surface area (Å²) >= 11 is 1.63. The molecule has 22 heavy (non-hydrogen) atoms. The number of hydrogen-bond acceptors (Lipinski definition) is 4. The highest BCUT2D eigenvalue weighted by Crippen LogP contribution is 2.17. The minimum absolute atomic E-state index is 0.226. The molecule has 0 aliphatic heterocycles. The van der Waals surface area contributed by atoms with Crippen LogP contribution in [0, 0.1) is 0 Å². The Balaban J connectivity index is 1.87. The van der Waals surface area contributed by atoms with E-state index >= 15 is 0 Å². The third-order valence-electron chi connectivity index (χ3n) is 3.22. The zero-order valence-electron chi connectivity index (χ0n) is 12.4. The summed E-state index contributed by atoms with van der Waals surface area (Å²) in [4.78, 5) is 12.1. The van der Waals surface area contributed by atoms with Crippen LogP contribution in [0.3, 0.4) is 0 Å². The fraction of sp³-hybridized carbons (Fsp3) is 0.267. The van der Waals surface area contributed by atoms with Crippen molar-refractivity contribution < 1.29 is 13.2 Å². The number of nitrogens with one attached hydrogen (secondary N) is 2. The molecular weight excluding hydrogens is 320 g/mol. The molecule has 0 radical (unpaired) electrons. The largest absolute Gasteiger partial charge is 0.337 e. The third-order valence-corrected chi connectivity index (χ3v) is 5.05. The van der Waals surface area contributed by atoms with Crippen molar-refractivity contribution in [2.45, 2.75) is 17.7 Å². The minimum atomic E-state index is -3.22. The number of urea groups is 1. The van der Waals surface area contributed by atoms with Crippen LogP contribution in [-0.2, 0) is 9.84 Å². The molecule has 2 amide bonds. The Hall–Kier alpha value is -1.86. The van der Waals surface area contributed by atoms with Crippen LogP contribution in [0.2, 0.25) is 0 Å². The molecule has 1 aromatic carbocycles. The van der Waals surface area contributed by atoms with Crippen molar-refractivity contribution in [3.05, 3.63) is 46.7 Å². The first-order valence-electron chi connectivity index (χ1n) is 6.73. The molecule has 0 saturated heterocycles. The van der Waals surface area contributed by atoms with E-state index in [-0.39, 0.29) is 16.8 Å². The number of hydrogen-bond donors (Lipinski definition) is 2. The third kappa shape index (κ3) is 4.57. The molecule has 0 fully saturated rings. The summed E-state index contributed by atoms with van der Waals surface area (Å²) in [5.41, 5.74) is 1.75. The van der Waals surface area contributed by atoms with Crippen LogP contribution in [0.4, 0.5) is 10.5 Å². The smallest absolute Gasteiger partial charge is 0.319 e. The molecule has 2 aromatic rings. The number of sulfone groups is 1. The fourth-order valence-corrected chi connectivity index (χ4v) is 3.29. The quantitative estimate of drug-likeness (QED) is 0.880. The minimum Gasteiger partial charge on any atom is -0.337 e. The summed E-state index contributed by atoms with van der Waals surface area (Å²) in [6, 6.07) is 7.81. The predicted molar refractivity (Wildman–Crippen MR) is 89.3 cm³/mol. The lowest BCUT2D eigenvalue weighted by atomic mass is 10.1. The normalized spacial score (nSPS) is 12.6. The van der Waals surface area contributed by atoms with Gasteiger partial charge in [-0.25, -0.2) is 13.2 Å². The lowest BCUT2D eigenvalue weighted by Gasteiger charge is -2.12. The summed E-state index contributed by atoms with van der Waals surface area (Å²) in [5, 5.41) is 9.55. The summed E-state index contributed by atoms with van der Waals surface area (Å²) in [7, 11) is -3.22. The second-order valence-electron chi connectivity index (χ2n) is 5.09. The Labute approximate surface area is 134 Å². The van der Waals surface area contributed by atoms with Gasteiger partial charge in [0.15, 0.2) is 9.84 Å². The average molecular weight is 338 g/mol. The van der Waals surface area contributed by atoms with Crippen LogP contribution >= 0.6 is 11.3 Å². The van der Waals surface area contributed by atoms with Crippen molar-refractivity contribution in [2.24, 2.45) is 0 Å². The molecular formula is C15H18N2O3S2. The van der Waals surface area contributed by atoms with Crippen LogP contribution < -0.4 is 10.6 Å². The van der Waals surface area contributed by atoms with Gasteiger partial charge in [0.25, 0.3) is 0 Å². The Morgan fingerprint density at radius 3 is 2.45 bits per heavy atom. The van der Waals surface area contributed by atoms with E-state index in [1.165, 1.54) is 17.7 Å². The first-order valence-corrected chi connectivity index (χ1v) is 9.57. The van der Waals surface area contributed by atoms with Gasteiger partial charge in [0, 0.05) is 18.5 Å². The molecule has 1 aromatic heterocycles. The molecule has 0 aliphatic rings. The molecule has 118 valence electrons. The highest BCUT2D eigenvalue weighted by Gasteiger charge is 2.09. The van der Waals surface area contributed by atoms with Gasteiger partial charge in [-0.15, -0.1) is 0 Å². The van der Waals surface area contributed by atoms with Crippen molar-refractivity contribution in [2.75, 3.05) is 18.1 Å². The Morgan fingerprint density at radius 1 is 1.23 bits per heavy atom. The zero-order chi connectivity index (χ0) is 16.2. The monoisotopic (exact) mass is 338 g/mol. The molecule has 0 aliphatic carbocycles. The Kier molecular flexibility index (Phi) is 5.20. The van der Waals surface area contributed by atoms with Gasteiger partial charge in [0.05, 0.1) is 4.90 Å². The van der Waals surface area contributed by atoms with Gasteiger partial charge < -0.3 is 10.6 Å². The van der Waals surface area contributed by atoms with E-state index in [1.807, 2.05) is 18.4 Å². The maximum absolute atomic E-state index is 11.8. The van der Waals surface area contributed by atoms with Gasteiger partial charge in [-0.2, -0.15) is 11.3 Å². The van der Waals surface area contributed by atoms with Crippen LogP contribution in [0.5, 0.6) is 0 Å². The molecule has 0 spiro atoms. The van der Waals surface area contributed by atoms with Gasteiger partial charge in [0.2, 0.25) is 0 Å². The van der Waals surface area contributed by atoms with E-state index in [0.29, 0.717) is 12.2 Å². The van der Waals surface area contributed by atoms with E-state index in [9.17, 15) is 13.2 Å². The van der Waals surface area contributed by atoms with Crippen molar-refractivity contribution in [1.29, 1.82) is 0 Å². The first-order chi connectivity index (χ1) is 10.4. The summed E-state index contributed by atoms with van der Waals surface area (Å²) in [6.45, 7) is 2.58. The maximum Gasteiger partial charge on any atom is 0.319 e. The van der Waals surface area contributed by atoms with Gasteiger partial charge in [0.1, 0.15) is 0 Å². The molecule has 1 atom stereocenters. The predicted octanol–water partition coefficient (Wildman–Crippen LogP) is 3.08. The Bertz CT molecular complexity index is 723. The summed E-state index contributed by atoms with van der Waals surface area (Å²) in [5.74, 6) is 0.240. The number of anilines is 1.